The van der Waals surface area contributed by atoms with Crippen LogP contribution >= 0.6 is 11.3 Å². The third kappa shape index (κ3) is 3.84. The lowest BCUT2D eigenvalue weighted by molar-refractivity contribution is 0.306. The van der Waals surface area contributed by atoms with E-state index in [2.05, 4.69) is 42.5 Å². The largest absolute Gasteiger partial charge is 0.497 e. The van der Waals surface area contributed by atoms with Gasteiger partial charge in [-0.1, -0.05) is 72.0 Å². The number of methoxy groups -OCH3 is 1. The maximum absolute atomic E-state index is 6.23. The summed E-state index contributed by atoms with van der Waals surface area (Å²) in [4.78, 5) is 10.9. The minimum atomic E-state index is 0.506. The number of hydrogen-bond donors (Lipinski definition) is 0. The van der Waals surface area contributed by atoms with Crippen molar-refractivity contribution < 1.29 is 9.47 Å². The Morgan fingerprint density at radius 2 is 1.82 bits per heavy atom. The van der Waals surface area contributed by atoms with Gasteiger partial charge < -0.3 is 9.47 Å². The molecule has 0 atom stereocenters. The molecule has 0 fully saturated rings. The highest BCUT2D eigenvalue weighted by Gasteiger charge is 2.23. The number of benzene rings is 4. The van der Waals surface area contributed by atoms with Gasteiger partial charge in [-0.25, -0.2) is 9.98 Å². The molecule has 0 amide bonds. The maximum atomic E-state index is 6.23. The van der Waals surface area contributed by atoms with Crippen molar-refractivity contribution in [2.75, 3.05) is 7.11 Å². The van der Waals surface area contributed by atoms with Gasteiger partial charge in [0.25, 0.3) is 0 Å². The van der Waals surface area contributed by atoms with E-state index in [1.165, 1.54) is 16.0 Å². The van der Waals surface area contributed by atoms with E-state index in [4.69, 9.17) is 19.5 Å². The highest BCUT2D eigenvalue weighted by Crippen LogP contribution is 2.43. The number of thiazole rings is 1. The summed E-state index contributed by atoms with van der Waals surface area (Å²) in [5.41, 5.74) is 5.56. The summed E-state index contributed by atoms with van der Waals surface area (Å²) in [6.07, 6.45) is 2.76. The number of hydrogen-bond acceptors (Lipinski definition) is 5. The van der Waals surface area contributed by atoms with Gasteiger partial charge in [-0.05, 0) is 46.2 Å². The predicted octanol–water partition coefficient (Wildman–Crippen LogP) is 7.21. The first-order valence-electron chi connectivity index (χ1n) is 11.2. The third-order valence-electron chi connectivity index (χ3n) is 6.08. The third-order valence-corrected chi connectivity index (χ3v) is 7.04. The lowest BCUT2D eigenvalue weighted by Gasteiger charge is -2.12. The summed E-state index contributed by atoms with van der Waals surface area (Å²) in [6.45, 7) is 0.506. The Labute approximate surface area is 202 Å². The quantitative estimate of drug-likeness (QED) is 0.246. The zero-order valence-electron chi connectivity index (χ0n) is 18.7. The molecule has 0 bridgehead atoms. The SMILES string of the molecule is COc1ccc2c(c1)Cc1sc(N=Cc3c(OCc4ccccc4)ccc4ccccc34)nc1-2. The number of fused-ring (bicyclic) bond motifs is 4. The lowest BCUT2D eigenvalue weighted by Crippen LogP contribution is -1.99. The molecule has 5 aromatic rings. The molecule has 0 spiro atoms. The van der Waals surface area contributed by atoms with Crippen LogP contribution in [0.2, 0.25) is 0 Å². The van der Waals surface area contributed by atoms with Gasteiger partial charge in [-0.2, -0.15) is 0 Å². The van der Waals surface area contributed by atoms with Crippen LogP contribution in [0.15, 0.2) is 89.9 Å². The summed E-state index contributed by atoms with van der Waals surface area (Å²) in [5.74, 6) is 1.69. The van der Waals surface area contributed by atoms with Gasteiger partial charge in [0.15, 0.2) is 0 Å². The fraction of sp³-hybridized carbons (Fsp3) is 0.103. The topological polar surface area (TPSA) is 43.7 Å². The van der Waals surface area contributed by atoms with Gasteiger partial charge in [-0.3, -0.25) is 0 Å². The van der Waals surface area contributed by atoms with Crippen molar-refractivity contribution in [1.29, 1.82) is 0 Å². The zero-order chi connectivity index (χ0) is 22.9. The highest BCUT2D eigenvalue weighted by molar-refractivity contribution is 7.15. The first kappa shape index (κ1) is 20.6. The monoisotopic (exact) mass is 462 g/mol. The van der Waals surface area contributed by atoms with E-state index in [1.54, 1.807) is 18.4 Å². The van der Waals surface area contributed by atoms with Crippen LogP contribution in [0, 0.1) is 0 Å². The molecule has 1 aromatic heterocycles. The van der Waals surface area contributed by atoms with E-state index in [1.807, 2.05) is 48.7 Å². The second-order valence-corrected chi connectivity index (χ2v) is 9.26. The average molecular weight is 463 g/mol. The van der Waals surface area contributed by atoms with Crippen LogP contribution in [-0.2, 0) is 13.0 Å². The fourth-order valence-electron chi connectivity index (χ4n) is 4.36. The Kier molecular flexibility index (Phi) is 5.32. The Bertz CT molecular complexity index is 1520. The highest BCUT2D eigenvalue weighted by atomic mass is 32.1. The van der Waals surface area contributed by atoms with E-state index >= 15 is 0 Å². The Morgan fingerprint density at radius 3 is 2.71 bits per heavy atom. The molecule has 4 aromatic carbocycles. The number of aromatic nitrogens is 1. The van der Waals surface area contributed by atoms with Crippen LogP contribution < -0.4 is 9.47 Å². The van der Waals surface area contributed by atoms with Gasteiger partial charge in [0.2, 0.25) is 5.13 Å². The van der Waals surface area contributed by atoms with Gasteiger partial charge >= 0.3 is 0 Å². The van der Waals surface area contributed by atoms with Crippen LogP contribution in [0.3, 0.4) is 0 Å². The average Bonchev–Trinajstić information content (AvgIpc) is 3.43. The first-order valence-corrected chi connectivity index (χ1v) is 12.0. The molecular formula is C29H22N2O2S. The molecule has 0 saturated carbocycles. The Morgan fingerprint density at radius 1 is 0.971 bits per heavy atom. The number of aliphatic imine (C=N–C) groups is 1. The molecule has 0 saturated heterocycles. The molecule has 5 heteroatoms. The number of ether oxygens (including phenoxy) is 2. The summed E-state index contributed by atoms with van der Waals surface area (Å²) in [7, 11) is 1.70. The Balaban J connectivity index is 1.33. The van der Waals surface area contributed by atoms with Crippen LogP contribution in [0.1, 0.15) is 21.6 Å². The summed E-state index contributed by atoms with van der Waals surface area (Å²) < 4.78 is 11.6. The molecule has 0 N–H and O–H groups in total. The standard InChI is InChI=1S/C29H22N2O2S/c1-32-22-12-13-24-21(15-22)16-27-28(24)31-29(34-27)30-17-25-23-10-6-5-9-20(23)11-14-26(25)33-18-19-7-3-2-4-8-19/h2-15,17H,16,18H2,1H3. The normalized spacial score (nSPS) is 12.1. The van der Waals surface area contributed by atoms with Crippen LogP contribution in [0.4, 0.5) is 5.13 Å². The maximum Gasteiger partial charge on any atom is 0.209 e. The van der Waals surface area contributed by atoms with Crippen LogP contribution in [0.25, 0.3) is 22.0 Å². The summed E-state index contributed by atoms with van der Waals surface area (Å²) in [5, 5.41) is 3.02. The molecule has 1 aliphatic carbocycles. The molecule has 166 valence electrons. The lowest BCUT2D eigenvalue weighted by atomic mass is 10.0. The van der Waals surface area contributed by atoms with Crippen molar-refractivity contribution in [3.8, 4) is 22.8 Å². The molecule has 0 unspecified atom stereocenters. The van der Waals surface area contributed by atoms with Crippen molar-refractivity contribution in [1.82, 2.24) is 4.98 Å². The molecule has 6 rings (SSSR count). The van der Waals surface area contributed by atoms with Gasteiger partial charge in [0, 0.05) is 28.6 Å². The molecule has 1 aliphatic rings. The molecule has 34 heavy (non-hydrogen) atoms. The molecule has 0 radical (unpaired) electrons. The van der Waals surface area contributed by atoms with Gasteiger partial charge in [0.05, 0.1) is 12.8 Å². The number of rotatable bonds is 6. The number of nitrogens with zero attached hydrogens (tertiary/aromatic N) is 2. The molecule has 1 heterocycles. The van der Waals surface area contributed by atoms with Crippen molar-refractivity contribution in [3.63, 3.8) is 0 Å². The minimum absolute atomic E-state index is 0.506. The van der Waals surface area contributed by atoms with Crippen LogP contribution in [-0.4, -0.2) is 18.3 Å². The molecule has 4 nitrogen and oxygen atoms in total. The second kappa shape index (κ2) is 8.76. The van der Waals surface area contributed by atoms with Crippen LogP contribution in [0.5, 0.6) is 11.5 Å². The fourth-order valence-corrected chi connectivity index (χ4v) is 5.30. The Hall–Kier alpha value is -3.96. The zero-order valence-corrected chi connectivity index (χ0v) is 19.5. The van der Waals surface area contributed by atoms with E-state index in [9.17, 15) is 0 Å². The van der Waals surface area contributed by atoms with E-state index in [-0.39, 0.29) is 0 Å². The van der Waals surface area contributed by atoms with Crippen molar-refractivity contribution in [3.05, 3.63) is 106 Å². The summed E-state index contributed by atoms with van der Waals surface area (Å²) in [6, 6.07) is 28.8. The van der Waals surface area contributed by atoms with Gasteiger partial charge in [0.1, 0.15) is 18.1 Å². The van der Waals surface area contributed by atoms with Gasteiger partial charge in [-0.15, -0.1) is 0 Å². The first-order chi connectivity index (χ1) is 16.8. The van der Waals surface area contributed by atoms with Crippen molar-refractivity contribution in [2.24, 2.45) is 4.99 Å². The second-order valence-electron chi connectivity index (χ2n) is 8.20. The minimum Gasteiger partial charge on any atom is -0.497 e. The molecule has 0 aliphatic heterocycles. The van der Waals surface area contributed by atoms with E-state index in [0.29, 0.717) is 6.61 Å². The van der Waals surface area contributed by atoms with E-state index in [0.717, 1.165) is 50.6 Å². The van der Waals surface area contributed by atoms with E-state index < -0.39 is 0 Å². The van der Waals surface area contributed by atoms with Crippen molar-refractivity contribution >= 4 is 33.5 Å². The van der Waals surface area contributed by atoms with Crippen molar-refractivity contribution in [2.45, 2.75) is 13.0 Å². The summed E-state index contributed by atoms with van der Waals surface area (Å²) >= 11 is 1.64. The smallest absolute Gasteiger partial charge is 0.209 e. The molecular weight excluding hydrogens is 440 g/mol. The predicted molar refractivity (Wildman–Crippen MR) is 139 cm³/mol.